The summed E-state index contributed by atoms with van der Waals surface area (Å²) in [6.45, 7) is 5.53. The van der Waals surface area contributed by atoms with E-state index in [2.05, 4.69) is 47.4 Å². The molecule has 6 rings (SSSR count). The van der Waals surface area contributed by atoms with Crippen LogP contribution in [0.1, 0.15) is 55.2 Å². The molecule has 0 bridgehead atoms. The third kappa shape index (κ3) is 7.52. The molecular weight excluding hydrogens is 744 g/mol. The van der Waals surface area contributed by atoms with E-state index in [4.69, 9.17) is 4.74 Å². The highest BCUT2D eigenvalue weighted by Gasteiger charge is 2.39. The zero-order chi connectivity index (χ0) is 33.9. The molecule has 4 aliphatic heterocycles. The van der Waals surface area contributed by atoms with E-state index in [-0.39, 0.29) is 42.1 Å². The van der Waals surface area contributed by atoms with E-state index in [1.165, 1.54) is 7.11 Å². The largest absolute Gasteiger partial charge is 0.468 e. The molecule has 2 aromatic carbocycles. The van der Waals surface area contributed by atoms with Crippen LogP contribution in [0.25, 0.3) is 0 Å². The number of benzene rings is 2. The van der Waals surface area contributed by atoms with Crippen LogP contribution < -0.4 is 10.6 Å². The van der Waals surface area contributed by atoms with Crippen molar-refractivity contribution in [2.75, 3.05) is 45.2 Å². The number of carbonyl (C=O) groups excluding carboxylic acids is 4. The van der Waals surface area contributed by atoms with Crippen molar-refractivity contribution in [2.24, 2.45) is 0 Å². The number of ether oxygens (including phenoxy) is 1. The lowest BCUT2D eigenvalue weighted by Crippen LogP contribution is -2.58. The van der Waals surface area contributed by atoms with Crippen molar-refractivity contribution in [3.8, 4) is 0 Å². The summed E-state index contributed by atoms with van der Waals surface area (Å²) in [4.78, 5) is 60.9. The third-order valence-corrected chi connectivity index (χ3v) is 12.1. The summed E-state index contributed by atoms with van der Waals surface area (Å²) >= 11 is 7.27. The number of fused-ring (bicyclic) bond motifs is 1. The molecule has 2 N–H and O–H groups in total. The molecule has 5 amide bonds. The van der Waals surface area contributed by atoms with Gasteiger partial charge in [-0.2, -0.15) is 0 Å². The van der Waals surface area contributed by atoms with Crippen LogP contribution in [0.5, 0.6) is 0 Å². The van der Waals surface area contributed by atoms with Gasteiger partial charge in [-0.3, -0.25) is 14.5 Å². The third-order valence-electron chi connectivity index (χ3n) is 10.4. The Bertz CT molecular complexity index is 1520. The maximum atomic E-state index is 14.1. The number of para-hydroxylation sites is 1. The Kier molecular flexibility index (Phi) is 11.0. The molecule has 4 aliphatic rings. The molecule has 2 atom stereocenters. The van der Waals surface area contributed by atoms with E-state index in [9.17, 15) is 19.2 Å². The number of carbonyl (C=O) groups is 4. The van der Waals surface area contributed by atoms with Crippen LogP contribution in [0, 0.1) is 6.92 Å². The fraction of sp³-hybridized carbons (Fsp3) is 0.543. The number of halogens is 2. The van der Waals surface area contributed by atoms with Gasteiger partial charge in [-0.1, -0.05) is 50.1 Å². The van der Waals surface area contributed by atoms with Gasteiger partial charge in [0.2, 0.25) is 5.91 Å². The van der Waals surface area contributed by atoms with Gasteiger partial charge in [0.15, 0.2) is 0 Å². The summed E-state index contributed by atoms with van der Waals surface area (Å²) in [5.74, 6) is -0.281. The summed E-state index contributed by atoms with van der Waals surface area (Å²) in [5, 5.41) is 6.09. The topological polar surface area (TPSA) is 115 Å². The number of amides is 5. The molecule has 0 aliphatic carbocycles. The Hall–Kier alpha value is -3.16. The first-order valence-corrected chi connectivity index (χ1v) is 18.5. The first-order valence-electron chi connectivity index (χ1n) is 16.9. The zero-order valence-electron chi connectivity index (χ0n) is 27.6. The average molecular weight is 789 g/mol. The zero-order valence-corrected chi connectivity index (χ0v) is 30.7. The lowest BCUT2D eigenvalue weighted by atomic mass is 9.99. The molecule has 0 spiro atoms. The van der Waals surface area contributed by atoms with Crippen LogP contribution in [-0.4, -0.2) is 108 Å². The second-order valence-corrected chi connectivity index (χ2v) is 15.0. The van der Waals surface area contributed by atoms with E-state index < -0.39 is 6.04 Å². The Morgan fingerprint density at radius 1 is 0.938 bits per heavy atom. The fourth-order valence-electron chi connectivity index (χ4n) is 7.64. The predicted molar refractivity (Wildman–Crippen MR) is 190 cm³/mol. The molecule has 3 fully saturated rings. The number of nitrogens with zero attached hydrogens (tertiary/aromatic N) is 4. The number of anilines is 1. The molecule has 2 aromatic rings. The smallest absolute Gasteiger partial charge is 0.323 e. The molecular formula is C35H44Br2N6O5. The van der Waals surface area contributed by atoms with Gasteiger partial charge in [-0.05, 0) is 86.9 Å². The predicted octanol–water partition coefficient (Wildman–Crippen LogP) is 5.28. The summed E-state index contributed by atoms with van der Waals surface area (Å²) in [6, 6.07) is 10.8. The number of esters is 1. The van der Waals surface area contributed by atoms with Gasteiger partial charge in [0.05, 0.1) is 7.11 Å². The number of hydrogen-bond donors (Lipinski definition) is 2. The van der Waals surface area contributed by atoms with Crippen LogP contribution in [0.3, 0.4) is 0 Å². The van der Waals surface area contributed by atoms with Crippen LogP contribution in [0.2, 0.25) is 0 Å². The van der Waals surface area contributed by atoms with E-state index in [0.717, 1.165) is 63.6 Å². The number of rotatable bonds is 7. The first kappa shape index (κ1) is 34.7. The van der Waals surface area contributed by atoms with E-state index >= 15 is 0 Å². The average Bonchev–Trinajstić information content (AvgIpc) is 3.60. The summed E-state index contributed by atoms with van der Waals surface area (Å²) in [5.41, 5.74) is 3.93. The fourth-order valence-corrected chi connectivity index (χ4v) is 8.92. The van der Waals surface area contributed by atoms with Crippen LogP contribution in [0.4, 0.5) is 15.3 Å². The Balaban J connectivity index is 1.10. The van der Waals surface area contributed by atoms with Gasteiger partial charge >= 0.3 is 18.0 Å². The molecule has 3 saturated heterocycles. The van der Waals surface area contributed by atoms with Crippen molar-refractivity contribution < 1.29 is 23.9 Å². The highest BCUT2D eigenvalue weighted by molar-refractivity contribution is 9.11. The molecule has 11 nitrogen and oxygen atoms in total. The second-order valence-electron chi connectivity index (χ2n) is 13.3. The number of piperidine rings is 2. The van der Waals surface area contributed by atoms with Gasteiger partial charge < -0.3 is 30.1 Å². The van der Waals surface area contributed by atoms with Gasteiger partial charge in [-0.15, -0.1) is 0 Å². The quantitative estimate of drug-likeness (QED) is 0.370. The minimum atomic E-state index is -0.743. The van der Waals surface area contributed by atoms with Crippen molar-refractivity contribution in [2.45, 2.75) is 82.6 Å². The summed E-state index contributed by atoms with van der Waals surface area (Å²) < 4.78 is 6.92. The van der Waals surface area contributed by atoms with Gasteiger partial charge in [0, 0.05) is 65.9 Å². The van der Waals surface area contributed by atoms with Crippen LogP contribution in [-0.2, 0) is 27.3 Å². The Labute approximate surface area is 298 Å². The van der Waals surface area contributed by atoms with Gasteiger partial charge in [0.1, 0.15) is 12.1 Å². The van der Waals surface area contributed by atoms with E-state index in [1.807, 2.05) is 53.1 Å². The molecule has 1 unspecified atom stereocenters. The maximum absolute atomic E-state index is 14.1. The van der Waals surface area contributed by atoms with Crippen molar-refractivity contribution >= 4 is 61.5 Å². The molecule has 48 heavy (non-hydrogen) atoms. The molecule has 258 valence electrons. The lowest BCUT2D eigenvalue weighted by molar-refractivity contribution is -0.147. The SMILES string of the molecule is COC(=O)[C@@H]1CCCN1C1CCN(C(=O)C(Cc2cc(Br)c(C)c(Br)c2)NC(=O)N2CCC(N3Cc4ccccc4NC3=O)CC2)CC1. The number of likely N-dealkylation sites (tertiary alicyclic amines) is 3. The Morgan fingerprint density at radius 2 is 1.58 bits per heavy atom. The normalized spacial score (nSPS) is 21.5. The van der Waals surface area contributed by atoms with E-state index in [0.29, 0.717) is 52.0 Å². The highest BCUT2D eigenvalue weighted by atomic mass is 79.9. The lowest BCUT2D eigenvalue weighted by Gasteiger charge is -2.41. The second kappa shape index (κ2) is 15.2. The van der Waals surface area contributed by atoms with E-state index in [1.54, 1.807) is 4.90 Å². The number of urea groups is 2. The number of nitrogens with one attached hydrogen (secondary N) is 2. The monoisotopic (exact) mass is 786 g/mol. The number of hydrogen-bond acceptors (Lipinski definition) is 6. The van der Waals surface area contributed by atoms with Crippen LogP contribution in [0.15, 0.2) is 45.3 Å². The van der Waals surface area contributed by atoms with Crippen molar-refractivity contribution in [1.82, 2.24) is 24.9 Å². The summed E-state index contributed by atoms with van der Waals surface area (Å²) in [6.07, 6.45) is 4.98. The number of methoxy groups -OCH3 is 1. The molecule has 0 radical (unpaired) electrons. The minimum absolute atomic E-state index is 0.0257. The Morgan fingerprint density at radius 3 is 2.27 bits per heavy atom. The van der Waals surface area contributed by atoms with Crippen molar-refractivity contribution in [3.63, 3.8) is 0 Å². The molecule has 0 saturated carbocycles. The van der Waals surface area contributed by atoms with Crippen molar-refractivity contribution in [3.05, 3.63) is 62.0 Å². The minimum Gasteiger partial charge on any atom is -0.468 e. The maximum Gasteiger partial charge on any atom is 0.323 e. The molecule has 13 heteroatoms. The first-order chi connectivity index (χ1) is 23.1. The summed E-state index contributed by atoms with van der Waals surface area (Å²) in [7, 11) is 1.44. The highest BCUT2D eigenvalue weighted by Crippen LogP contribution is 2.30. The van der Waals surface area contributed by atoms with Crippen LogP contribution >= 0.6 is 31.9 Å². The standard InChI is InChI=1S/C35H44Br2N6O5/c1-22-27(36)18-23(19-28(22)37)20-30(32(44)40-14-9-25(10-15-40)42-13-5-8-31(42)33(45)48-2)39-34(46)41-16-11-26(12-17-41)43-21-24-6-3-4-7-29(24)38-35(43)47/h3-4,6-7,18-19,25-26,30-31H,5,8-17,20-21H2,1-2H3,(H,38,47)(H,39,46)/t30?,31-/m0/s1. The molecule has 4 heterocycles. The van der Waals surface area contributed by atoms with Crippen molar-refractivity contribution in [1.29, 1.82) is 0 Å². The van der Waals surface area contributed by atoms with Gasteiger partial charge in [-0.25, -0.2) is 9.59 Å². The molecule has 0 aromatic heterocycles. The van der Waals surface area contributed by atoms with Gasteiger partial charge in [0.25, 0.3) is 0 Å².